The van der Waals surface area contributed by atoms with Crippen LogP contribution in [0.1, 0.15) is 25.3 Å². The molecule has 12 heteroatoms. The molecule has 31 heavy (non-hydrogen) atoms. The number of carboxylic acid groups (broad SMARTS) is 2. The molecule has 0 radical (unpaired) electrons. The first-order valence-electron chi connectivity index (χ1n) is 9.36. The average molecular weight is 438 g/mol. The van der Waals surface area contributed by atoms with Crippen LogP contribution in [0.15, 0.2) is 24.3 Å². The Morgan fingerprint density at radius 1 is 0.935 bits per heavy atom. The summed E-state index contributed by atoms with van der Waals surface area (Å²) in [6.07, 6.45) is -0.864. The number of amides is 3. The second kappa shape index (κ2) is 12.1. The molecule has 3 atom stereocenters. The zero-order valence-electron chi connectivity index (χ0n) is 16.8. The number of carboxylic acids is 2. The summed E-state index contributed by atoms with van der Waals surface area (Å²) in [6.45, 7) is 0.998. The Balaban J connectivity index is 2.89. The lowest BCUT2D eigenvalue weighted by molar-refractivity contribution is -0.143. The molecular formula is C19H26N4O8. The van der Waals surface area contributed by atoms with Gasteiger partial charge in [0.15, 0.2) is 0 Å². The number of hydrogen-bond acceptors (Lipinski definition) is 7. The monoisotopic (exact) mass is 438 g/mol. The van der Waals surface area contributed by atoms with Crippen LogP contribution in [0, 0.1) is 0 Å². The molecule has 0 aliphatic carbocycles. The van der Waals surface area contributed by atoms with Gasteiger partial charge in [-0.1, -0.05) is 12.1 Å². The highest BCUT2D eigenvalue weighted by Gasteiger charge is 2.28. The predicted molar refractivity (Wildman–Crippen MR) is 107 cm³/mol. The van der Waals surface area contributed by atoms with Crippen LogP contribution < -0.4 is 21.7 Å². The molecule has 170 valence electrons. The maximum Gasteiger partial charge on any atom is 0.326 e. The van der Waals surface area contributed by atoms with Crippen molar-refractivity contribution in [3.05, 3.63) is 29.8 Å². The lowest BCUT2D eigenvalue weighted by Crippen LogP contribution is -2.55. The summed E-state index contributed by atoms with van der Waals surface area (Å²) in [5.74, 6) is -4.82. The van der Waals surface area contributed by atoms with E-state index in [9.17, 15) is 34.2 Å². The average Bonchev–Trinajstić information content (AvgIpc) is 2.71. The molecule has 0 heterocycles. The van der Waals surface area contributed by atoms with Crippen LogP contribution >= 0.6 is 0 Å². The van der Waals surface area contributed by atoms with Crippen LogP contribution in [0.25, 0.3) is 0 Å². The lowest BCUT2D eigenvalue weighted by atomic mass is 10.0. The molecule has 0 saturated carbocycles. The molecule has 0 aliphatic heterocycles. The highest BCUT2D eigenvalue weighted by molar-refractivity contribution is 5.93. The normalized spacial score (nSPS) is 13.4. The molecule has 0 spiro atoms. The van der Waals surface area contributed by atoms with Crippen molar-refractivity contribution in [3.8, 4) is 5.75 Å². The lowest BCUT2D eigenvalue weighted by Gasteiger charge is -2.23. The minimum Gasteiger partial charge on any atom is -0.508 e. The number of nitrogens with one attached hydrogen (secondary N) is 3. The van der Waals surface area contributed by atoms with Gasteiger partial charge in [0.2, 0.25) is 17.7 Å². The number of carbonyl (C=O) groups is 5. The Labute approximate surface area is 177 Å². The molecule has 1 aromatic rings. The molecule has 1 rings (SSSR count). The Hall–Kier alpha value is -3.67. The SMILES string of the molecule is CC(NC(=O)CN)C(=O)NC(CCC(=O)O)C(=O)NC(Cc1ccc(O)cc1)C(=O)O. The van der Waals surface area contributed by atoms with Gasteiger partial charge in [-0.05, 0) is 31.0 Å². The van der Waals surface area contributed by atoms with Crippen molar-refractivity contribution in [1.29, 1.82) is 0 Å². The first-order valence-corrected chi connectivity index (χ1v) is 9.36. The third-order valence-electron chi connectivity index (χ3n) is 4.23. The largest absolute Gasteiger partial charge is 0.508 e. The Bertz CT molecular complexity index is 812. The van der Waals surface area contributed by atoms with Gasteiger partial charge in [0.25, 0.3) is 0 Å². The number of benzene rings is 1. The number of hydrogen-bond donors (Lipinski definition) is 7. The fourth-order valence-electron chi connectivity index (χ4n) is 2.54. The van der Waals surface area contributed by atoms with E-state index in [1.54, 1.807) is 0 Å². The van der Waals surface area contributed by atoms with Gasteiger partial charge in [-0.15, -0.1) is 0 Å². The van der Waals surface area contributed by atoms with Gasteiger partial charge in [0.05, 0.1) is 6.54 Å². The Morgan fingerprint density at radius 3 is 2.03 bits per heavy atom. The minimum atomic E-state index is -1.37. The molecule has 1 aromatic carbocycles. The molecule has 12 nitrogen and oxygen atoms in total. The van der Waals surface area contributed by atoms with Gasteiger partial charge in [-0.25, -0.2) is 4.79 Å². The van der Waals surface area contributed by atoms with Gasteiger partial charge < -0.3 is 37.0 Å². The van der Waals surface area contributed by atoms with Gasteiger partial charge in [-0.2, -0.15) is 0 Å². The van der Waals surface area contributed by atoms with Crippen LogP contribution in [0.3, 0.4) is 0 Å². The summed E-state index contributed by atoms with van der Waals surface area (Å²) in [4.78, 5) is 58.7. The molecule has 0 bridgehead atoms. The Morgan fingerprint density at radius 2 is 1.52 bits per heavy atom. The van der Waals surface area contributed by atoms with E-state index in [0.29, 0.717) is 5.56 Å². The minimum absolute atomic E-state index is 0.00745. The van der Waals surface area contributed by atoms with Crippen molar-refractivity contribution in [1.82, 2.24) is 16.0 Å². The zero-order chi connectivity index (χ0) is 23.6. The fraction of sp³-hybridized carbons (Fsp3) is 0.421. The first-order chi connectivity index (χ1) is 14.5. The number of nitrogens with two attached hydrogens (primary N) is 1. The summed E-state index contributed by atoms with van der Waals surface area (Å²) < 4.78 is 0. The number of rotatable bonds is 12. The molecule has 0 saturated heterocycles. The van der Waals surface area contributed by atoms with Crippen molar-refractivity contribution < 1.29 is 39.3 Å². The fourth-order valence-corrected chi connectivity index (χ4v) is 2.54. The van der Waals surface area contributed by atoms with Crippen LogP contribution in [0.4, 0.5) is 0 Å². The summed E-state index contributed by atoms with van der Waals surface area (Å²) in [5.41, 5.74) is 5.69. The predicted octanol–water partition coefficient (Wildman–Crippen LogP) is -1.68. The van der Waals surface area contributed by atoms with E-state index in [-0.39, 0.29) is 25.1 Å². The Kier molecular flexibility index (Phi) is 9.92. The molecule has 0 aromatic heterocycles. The summed E-state index contributed by atoms with van der Waals surface area (Å²) in [5, 5.41) is 34.5. The number of aliphatic carboxylic acids is 2. The first kappa shape index (κ1) is 25.4. The topological polar surface area (TPSA) is 208 Å². The van der Waals surface area contributed by atoms with Gasteiger partial charge in [-0.3, -0.25) is 19.2 Å². The van der Waals surface area contributed by atoms with Crippen LogP contribution in [0.5, 0.6) is 5.75 Å². The van der Waals surface area contributed by atoms with E-state index in [0.717, 1.165) is 0 Å². The number of phenols is 1. The van der Waals surface area contributed by atoms with Crippen LogP contribution in [-0.4, -0.2) is 69.7 Å². The van der Waals surface area contributed by atoms with E-state index in [1.807, 2.05) is 0 Å². The van der Waals surface area contributed by atoms with Crippen molar-refractivity contribution in [2.24, 2.45) is 5.73 Å². The summed E-state index contributed by atoms with van der Waals surface area (Å²) >= 11 is 0. The molecule has 0 aliphatic rings. The molecular weight excluding hydrogens is 412 g/mol. The van der Waals surface area contributed by atoms with Crippen molar-refractivity contribution in [2.45, 2.75) is 44.3 Å². The molecule has 8 N–H and O–H groups in total. The zero-order valence-corrected chi connectivity index (χ0v) is 16.8. The maximum absolute atomic E-state index is 12.6. The van der Waals surface area contributed by atoms with E-state index < -0.39 is 54.2 Å². The third kappa shape index (κ3) is 9.12. The summed E-state index contributed by atoms with van der Waals surface area (Å²) in [6, 6.07) is 1.94. The van der Waals surface area contributed by atoms with Crippen molar-refractivity contribution in [2.75, 3.05) is 6.54 Å². The van der Waals surface area contributed by atoms with Gasteiger partial charge >= 0.3 is 11.9 Å². The molecule has 3 amide bonds. The van der Waals surface area contributed by atoms with E-state index in [2.05, 4.69) is 16.0 Å². The van der Waals surface area contributed by atoms with E-state index in [1.165, 1.54) is 31.2 Å². The maximum atomic E-state index is 12.6. The van der Waals surface area contributed by atoms with Crippen molar-refractivity contribution >= 4 is 29.7 Å². The third-order valence-corrected chi connectivity index (χ3v) is 4.23. The van der Waals surface area contributed by atoms with E-state index in [4.69, 9.17) is 10.8 Å². The van der Waals surface area contributed by atoms with Gasteiger partial charge in [0, 0.05) is 12.8 Å². The molecule has 3 unspecified atom stereocenters. The van der Waals surface area contributed by atoms with Crippen molar-refractivity contribution in [3.63, 3.8) is 0 Å². The summed E-state index contributed by atoms with van der Waals surface area (Å²) in [7, 11) is 0. The van der Waals surface area contributed by atoms with Crippen LogP contribution in [-0.2, 0) is 30.4 Å². The van der Waals surface area contributed by atoms with Gasteiger partial charge in [0.1, 0.15) is 23.9 Å². The quantitative estimate of drug-likeness (QED) is 0.198. The standard InChI is InChI=1S/C19H26N4O8/c1-10(21-15(25)9-20)17(28)22-13(6-7-16(26)27)18(29)23-14(19(30)31)8-11-2-4-12(24)5-3-11/h2-5,10,13-14,24H,6-9,20H2,1H3,(H,21,25)(H,22,28)(H,23,29)(H,26,27)(H,30,31). The second-order valence-corrected chi connectivity index (χ2v) is 6.76. The molecule has 0 fully saturated rings. The van der Waals surface area contributed by atoms with Crippen LogP contribution in [0.2, 0.25) is 0 Å². The number of carbonyl (C=O) groups excluding carboxylic acids is 3. The van der Waals surface area contributed by atoms with E-state index >= 15 is 0 Å². The highest BCUT2D eigenvalue weighted by Crippen LogP contribution is 2.12. The smallest absolute Gasteiger partial charge is 0.326 e. The number of aromatic hydroxyl groups is 1. The number of phenolic OH excluding ortho intramolecular Hbond substituents is 1. The second-order valence-electron chi connectivity index (χ2n) is 6.76. The highest BCUT2D eigenvalue weighted by atomic mass is 16.4.